The molecule has 5 nitrogen and oxygen atoms in total. The number of benzene rings is 1. The number of amides is 2. The minimum Gasteiger partial charge on any atom is -0.493 e. The van der Waals surface area contributed by atoms with Gasteiger partial charge in [-0.3, -0.25) is 9.59 Å². The number of anilines is 1. The molecule has 0 bridgehead atoms. The molecule has 2 aliphatic heterocycles. The molecule has 23 heavy (non-hydrogen) atoms. The van der Waals surface area contributed by atoms with Crippen LogP contribution in [0.1, 0.15) is 18.4 Å². The van der Waals surface area contributed by atoms with E-state index in [-0.39, 0.29) is 13.0 Å². The Hall–Kier alpha value is -2.25. The molecule has 1 aromatic carbocycles. The van der Waals surface area contributed by atoms with E-state index in [9.17, 15) is 22.8 Å². The number of carbonyl (C=O) groups excluding carboxylic acids is 2. The molecule has 2 amide bonds. The summed E-state index contributed by atoms with van der Waals surface area (Å²) in [6, 6.07) is 4.00. The third kappa shape index (κ3) is 3.11. The lowest BCUT2D eigenvalue weighted by Gasteiger charge is -2.24. The van der Waals surface area contributed by atoms with E-state index in [1.165, 1.54) is 0 Å². The first kappa shape index (κ1) is 15.6. The Bertz CT molecular complexity index is 645. The van der Waals surface area contributed by atoms with Crippen LogP contribution in [0.5, 0.6) is 5.75 Å². The summed E-state index contributed by atoms with van der Waals surface area (Å²) < 4.78 is 43.1. The van der Waals surface area contributed by atoms with Gasteiger partial charge in [-0.15, -0.1) is 0 Å². The molecule has 1 saturated heterocycles. The first-order valence-electron chi connectivity index (χ1n) is 7.30. The summed E-state index contributed by atoms with van der Waals surface area (Å²) in [7, 11) is 0. The van der Waals surface area contributed by atoms with Crippen molar-refractivity contribution in [3.8, 4) is 5.75 Å². The molecule has 0 aliphatic carbocycles. The maximum absolute atomic E-state index is 12.6. The van der Waals surface area contributed by atoms with Gasteiger partial charge < -0.3 is 15.0 Å². The van der Waals surface area contributed by atoms with Gasteiger partial charge >= 0.3 is 12.1 Å². The third-order valence-electron chi connectivity index (χ3n) is 4.02. The molecule has 2 aliphatic rings. The maximum atomic E-state index is 12.6. The van der Waals surface area contributed by atoms with Crippen molar-refractivity contribution in [2.45, 2.75) is 31.5 Å². The normalized spacial score (nSPS) is 20.1. The second-order valence-corrected chi connectivity index (χ2v) is 5.56. The fraction of sp³-hybridized carbons (Fsp3) is 0.467. The minimum absolute atomic E-state index is 0.0611. The Morgan fingerprint density at radius 1 is 1.30 bits per heavy atom. The predicted octanol–water partition coefficient (Wildman–Crippen LogP) is 2.11. The molecule has 1 atom stereocenters. The lowest BCUT2D eigenvalue weighted by molar-refractivity contribution is -0.186. The largest absolute Gasteiger partial charge is 0.493 e. The number of halogens is 3. The third-order valence-corrected chi connectivity index (χ3v) is 4.02. The number of alkyl halides is 3. The van der Waals surface area contributed by atoms with E-state index in [1.807, 2.05) is 0 Å². The highest BCUT2D eigenvalue weighted by molar-refractivity contribution is 5.98. The van der Waals surface area contributed by atoms with Crippen LogP contribution < -0.4 is 10.1 Å². The molecule has 2 heterocycles. The number of likely N-dealkylation sites (tertiary alicyclic amines) is 1. The van der Waals surface area contributed by atoms with E-state index in [0.29, 0.717) is 23.6 Å². The molecule has 1 fully saturated rings. The SMILES string of the molecule is O=C(Nc1ccc2c(c1)CCO2)C1CCCN1C(=O)C(F)(F)F. The van der Waals surface area contributed by atoms with Gasteiger partial charge in [0.25, 0.3) is 0 Å². The van der Waals surface area contributed by atoms with Crippen LogP contribution in [0.15, 0.2) is 18.2 Å². The molecule has 1 unspecified atom stereocenters. The Morgan fingerprint density at radius 2 is 2.09 bits per heavy atom. The Morgan fingerprint density at radius 3 is 2.83 bits per heavy atom. The summed E-state index contributed by atoms with van der Waals surface area (Å²) >= 11 is 0. The van der Waals surface area contributed by atoms with Gasteiger partial charge in [-0.1, -0.05) is 0 Å². The van der Waals surface area contributed by atoms with Crippen LogP contribution in [0.25, 0.3) is 0 Å². The molecular formula is C15H15F3N2O3. The molecule has 124 valence electrons. The van der Waals surface area contributed by atoms with E-state index in [4.69, 9.17) is 4.74 Å². The van der Waals surface area contributed by atoms with Gasteiger partial charge in [0.2, 0.25) is 5.91 Å². The van der Waals surface area contributed by atoms with Crippen molar-refractivity contribution in [3.63, 3.8) is 0 Å². The van der Waals surface area contributed by atoms with Crippen LogP contribution in [0.2, 0.25) is 0 Å². The van der Waals surface area contributed by atoms with Crippen LogP contribution in [0.4, 0.5) is 18.9 Å². The summed E-state index contributed by atoms with van der Waals surface area (Å²) in [6.07, 6.45) is -3.64. The minimum atomic E-state index is -4.96. The van der Waals surface area contributed by atoms with Crippen LogP contribution in [0.3, 0.4) is 0 Å². The van der Waals surface area contributed by atoms with Crippen LogP contribution in [-0.2, 0) is 16.0 Å². The topological polar surface area (TPSA) is 58.6 Å². The molecule has 3 rings (SSSR count). The van der Waals surface area contributed by atoms with Gasteiger partial charge in [0.15, 0.2) is 0 Å². The van der Waals surface area contributed by atoms with Gasteiger partial charge in [0.05, 0.1) is 6.61 Å². The van der Waals surface area contributed by atoms with E-state index >= 15 is 0 Å². The molecular weight excluding hydrogens is 313 g/mol. The van der Waals surface area contributed by atoms with Crippen molar-refractivity contribution in [2.24, 2.45) is 0 Å². The molecule has 8 heteroatoms. The maximum Gasteiger partial charge on any atom is 0.471 e. The van der Waals surface area contributed by atoms with Gasteiger partial charge in [-0.2, -0.15) is 13.2 Å². The van der Waals surface area contributed by atoms with Gasteiger partial charge in [-0.25, -0.2) is 0 Å². The summed E-state index contributed by atoms with van der Waals surface area (Å²) in [6.45, 7) is 0.512. The zero-order valence-electron chi connectivity index (χ0n) is 12.2. The molecule has 0 aromatic heterocycles. The molecule has 1 N–H and O–H groups in total. The summed E-state index contributed by atoms with van der Waals surface area (Å²) in [5.41, 5.74) is 1.43. The first-order chi connectivity index (χ1) is 10.9. The molecule has 0 saturated carbocycles. The highest BCUT2D eigenvalue weighted by Gasteiger charge is 2.47. The van der Waals surface area contributed by atoms with Gasteiger partial charge in [0, 0.05) is 18.7 Å². The van der Waals surface area contributed by atoms with Crippen LogP contribution >= 0.6 is 0 Å². The van der Waals surface area contributed by atoms with E-state index < -0.39 is 24.0 Å². The van der Waals surface area contributed by atoms with Crippen LogP contribution in [0, 0.1) is 0 Å². The zero-order valence-corrected chi connectivity index (χ0v) is 12.2. The first-order valence-corrected chi connectivity index (χ1v) is 7.30. The van der Waals surface area contributed by atoms with E-state index in [2.05, 4.69) is 5.32 Å². The van der Waals surface area contributed by atoms with Gasteiger partial charge in [0.1, 0.15) is 11.8 Å². The summed E-state index contributed by atoms with van der Waals surface area (Å²) in [4.78, 5) is 24.2. The number of nitrogens with one attached hydrogen (secondary N) is 1. The van der Waals surface area contributed by atoms with Gasteiger partial charge in [-0.05, 0) is 36.6 Å². The second kappa shape index (κ2) is 5.75. The molecule has 0 radical (unpaired) electrons. The van der Waals surface area contributed by atoms with Crippen molar-refractivity contribution in [1.29, 1.82) is 0 Å². The second-order valence-electron chi connectivity index (χ2n) is 5.56. The molecule has 1 aromatic rings. The highest BCUT2D eigenvalue weighted by Crippen LogP contribution is 2.29. The number of hydrogen-bond acceptors (Lipinski definition) is 3. The van der Waals surface area contributed by atoms with Crippen LogP contribution in [-0.4, -0.2) is 42.1 Å². The number of ether oxygens (including phenoxy) is 1. The number of hydrogen-bond donors (Lipinski definition) is 1. The predicted molar refractivity (Wildman–Crippen MR) is 75.1 cm³/mol. The average molecular weight is 328 g/mol. The Labute approximate surface area is 130 Å². The van der Waals surface area contributed by atoms with Crippen molar-refractivity contribution in [1.82, 2.24) is 4.90 Å². The monoisotopic (exact) mass is 328 g/mol. The van der Waals surface area contributed by atoms with E-state index in [0.717, 1.165) is 17.7 Å². The van der Waals surface area contributed by atoms with Crippen molar-refractivity contribution in [3.05, 3.63) is 23.8 Å². The standard InChI is InChI=1S/C15H15F3N2O3/c16-15(17,18)14(22)20-6-1-2-11(20)13(21)19-10-3-4-12-9(8-10)5-7-23-12/h3-4,8,11H,1-2,5-7H2,(H,19,21). The number of carbonyl (C=O) groups is 2. The lowest BCUT2D eigenvalue weighted by atomic mass is 10.1. The Kier molecular flexibility index (Phi) is 3.91. The fourth-order valence-electron chi connectivity index (χ4n) is 2.94. The highest BCUT2D eigenvalue weighted by atomic mass is 19.4. The summed E-state index contributed by atoms with van der Waals surface area (Å²) in [5, 5.41) is 2.59. The Balaban J connectivity index is 1.71. The quantitative estimate of drug-likeness (QED) is 0.905. The fourth-order valence-corrected chi connectivity index (χ4v) is 2.94. The zero-order chi connectivity index (χ0) is 16.6. The number of nitrogens with zero attached hydrogens (tertiary/aromatic N) is 1. The van der Waals surface area contributed by atoms with Crippen molar-refractivity contribution < 1.29 is 27.5 Å². The van der Waals surface area contributed by atoms with Crippen molar-refractivity contribution >= 4 is 17.5 Å². The summed E-state index contributed by atoms with van der Waals surface area (Å²) in [5.74, 6) is -1.81. The number of rotatable bonds is 2. The van der Waals surface area contributed by atoms with E-state index in [1.54, 1.807) is 18.2 Å². The average Bonchev–Trinajstić information content (AvgIpc) is 3.13. The lowest BCUT2D eigenvalue weighted by Crippen LogP contribution is -2.48. The smallest absolute Gasteiger partial charge is 0.471 e. The van der Waals surface area contributed by atoms with Crippen molar-refractivity contribution in [2.75, 3.05) is 18.5 Å². The number of fused-ring (bicyclic) bond motifs is 1. The molecule has 0 spiro atoms.